The lowest BCUT2D eigenvalue weighted by molar-refractivity contribution is -0.151. The number of nitrogens with zero attached hydrogens (tertiary/aromatic N) is 3. The number of hydrogen-bond donors (Lipinski definition) is 2. The number of aromatic nitrogens is 2. The third kappa shape index (κ3) is 3.82. The van der Waals surface area contributed by atoms with Gasteiger partial charge in [0.2, 0.25) is 5.91 Å². The van der Waals surface area contributed by atoms with Crippen molar-refractivity contribution in [1.29, 1.82) is 0 Å². The predicted molar refractivity (Wildman–Crippen MR) is 93.3 cm³/mol. The smallest absolute Gasteiger partial charge is 0.352 e. The largest absolute Gasteiger partial charge is 0.477 e. The molecule has 0 aromatic carbocycles. The maximum Gasteiger partial charge on any atom is 0.352 e. The highest BCUT2D eigenvalue weighted by atomic mass is 32.2. The number of carboxylic acid groups (broad SMARTS) is 1. The van der Waals surface area contributed by atoms with Crippen molar-refractivity contribution in [1.82, 2.24) is 20.0 Å². The molecule has 0 saturated carbocycles. The second kappa shape index (κ2) is 7.43. The Labute approximate surface area is 158 Å². The molecule has 0 unspecified atom stereocenters. The highest BCUT2D eigenvalue weighted by molar-refractivity contribution is 8.00. The lowest BCUT2D eigenvalue weighted by atomic mass is 10.0. The minimum atomic E-state index is -1.27. The monoisotopic (exact) mass is 394 g/mol. The molecule has 2 atom stereocenters. The van der Waals surface area contributed by atoms with E-state index in [0.29, 0.717) is 5.57 Å². The maximum atomic E-state index is 12.5. The molecule has 0 aliphatic carbocycles. The van der Waals surface area contributed by atoms with Crippen LogP contribution in [-0.4, -0.2) is 67.3 Å². The normalized spacial score (nSPS) is 21.4. The van der Waals surface area contributed by atoms with Crippen LogP contribution in [0.25, 0.3) is 0 Å². The van der Waals surface area contributed by atoms with Crippen molar-refractivity contribution < 1.29 is 29.0 Å². The number of hydrogen-bond acceptors (Lipinski definition) is 7. The Bertz CT molecular complexity index is 848. The van der Waals surface area contributed by atoms with Crippen LogP contribution >= 0.6 is 11.8 Å². The van der Waals surface area contributed by atoms with Crippen molar-refractivity contribution in [2.24, 2.45) is 0 Å². The maximum absolute atomic E-state index is 12.5. The van der Waals surface area contributed by atoms with Crippen LogP contribution in [0.4, 0.5) is 0 Å². The summed E-state index contributed by atoms with van der Waals surface area (Å²) in [5, 5.41) is 15.7. The molecule has 144 valence electrons. The summed E-state index contributed by atoms with van der Waals surface area (Å²) in [7, 11) is 0. The van der Waals surface area contributed by atoms with Crippen LogP contribution in [0.1, 0.15) is 12.6 Å². The van der Waals surface area contributed by atoms with E-state index < -0.39 is 29.3 Å². The van der Waals surface area contributed by atoms with E-state index in [1.54, 1.807) is 19.2 Å². The zero-order valence-electron chi connectivity index (χ0n) is 14.7. The molecule has 2 amide bonds. The second-order valence-electron chi connectivity index (χ2n) is 6.15. The molecule has 3 rings (SSSR count). The van der Waals surface area contributed by atoms with Gasteiger partial charge in [0.15, 0.2) is 0 Å². The van der Waals surface area contributed by atoms with Crippen molar-refractivity contribution in [3.63, 3.8) is 0 Å². The van der Waals surface area contributed by atoms with Gasteiger partial charge in [0.25, 0.3) is 5.91 Å². The van der Waals surface area contributed by atoms with Gasteiger partial charge in [-0.15, -0.1) is 11.8 Å². The molecule has 10 nitrogen and oxygen atoms in total. The number of β-lactam (4-membered cyclic amide) rings is 1. The van der Waals surface area contributed by atoms with E-state index in [1.807, 2.05) is 0 Å². The highest BCUT2D eigenvalue weighted by Crippen LogP contribution is 2.40. The van der Waals surface area contributed by atoms with E-state index in [9.17, 15) is 24.3 Å². The molecule has 0 radical (unpaired) electrons. The number of nitrogens with one attached hydrogen (secondary N) is 1. The Morgan fingerprint density at radius 1 is 1.44 bits per heavy atom. The fourth-order valence-corrected chi connectivity index (χ4v) is 4.23. The average Bonchev–Trinajstić information content (AvgIpc) is 3.01. The van der Waals surface area contributed by atoms with E-state index in [4.69, 9.17) is 4.74 Å². The molecule has 1 saturated heterocycles. The van der Waals surface area contributed by atoms with Crippen LogP contribution in [0.2, 0.25) is 0 Å². The van der Waals surface area contributed by atoms with Gasteiger partial charge in [-0.3, -0.25) is 24.0 Å². The molecule has 0 spiro atoms. The molecule has 2 aliphatic rings. The van der Waals surface area contributed by atoms with Gasteiger partial charge in [-0.2, -0.15) is 5.10 Å². The zero-order valence-corrected chi connectivity index (χ0v) is 15.5. The summed E-state index contributed by atoms with van der Waals surface area (Å²) in [6.45, 7) is 2.80. The number of fused-ring (bicyclic) bond motifs is 1. The lowest BCUT2D eigenvalue weighted by Gasteiger charge is -2.49. The van der Waals surface area contributed by atoms with Gasteiger partial charge < -0.3 is 15.2 Å². The highest BCUT2D eigenvalue weighted by Gasteiger charge is 2.54. The van der Waals surface area contributed by atoms with Gasteiger partial charge in [-0.1, -0.05) is 0 Å². The van der Waals surface area contributed by atoms with Crippen LogP contribution < -0.4 is 5.32 Å². The third-order valence-corrected chi connectivity index (χ3v) is 5.44. The van der Waals surface area contributed by atoms with Crippen molar-refractivity contribution >= 4 is 35.5 Å². The molecule has 27 heavy (non-hydrogen) atoms. The molecule has 2 N–H and O–H groups in total. The van der Waals surface area contributed by atoms with Crippen LogP contribution in [0.5, 0.6) is 0 Å². The number of carbonyl (C=O) groups excluding carboxylic acids is 3. The fraction of sp³-hybridized carbons (Fsp3) is 0.438. The van der Waals surface area contributed by atoms with E-state index in [0.717, 1.165) is 10.6 Å². The molecule has 3 heterocycles. The predicted octanol–water partition coefficient (Wildman–Crippen LogP) is -0.507. The minimum Gasteiger partial charge on any atom is -0.477 e. The second-order valence-corrected chi connectivity index (χ2v) is 7.25. The molecule has 2 aliphatic heterocycles. The zero-order chi connectivity index (χ0) is 19.7. The van der Waals surface area contributed by atoms with Crippen molar-refractivity contribution in [2.45, 2.75) is 31.8 Å². The first kappa shape index (κ1) is 19.0. The van der Waals surface area contributed by atoms with E-state index >= 15 is 0 Å². The third-order valence-electron chi connectivity index (χ3n) is 4.10. The number of esters is 1. The number of carboxylic acids is 1. The molecule has 11 heteroatoms. The van der Waals surface area contributed by atoms with Gasteiger partial charge in [0, 0.05) is 24.4 Å². The van der Waals surface area contributed by atoms with Gasteiger partial charge in [0.1, 0.15) is 30.3 Å². The summed E-state index contributed by atoms with van der Waals surface area (Å²) in [5.74, 6) is -2.41. The first-order valence-electron chi connectivity index (χ1n) is 8.10. The van der Waals surface area contributed by atoms with Gasteiger partial charge in [-0.25, -0.2) is 4.79 Å². The van der Waals surface area contributed by atoms with E-state index in [1.165, 1.54) is 23.4 Å². The summed E-state index contributed by atoms with van der Waals surface area (Å²) in [6.07, 6.45) is 1.66. The number of ether oxygens (including phenoxy) is 1. The molecular weight excluding hydrogens is 376 g/mol. The lowest BCUT2D eigenvalue weighted by Crippen LogP contribution is -2.70. The van der Waals surface area contributed by atoms with Gasteiger partial charge in [-0.05, 0) is 13.0 Å². The van der Waals surface area contributed by atoms with Crippen molar-refractivity contribution in [3.8, 4) is 0 Å². The Kier molecular flexibility index (Phi) is 5.22. The van der Waals surface area contributed by atoms with Crippen molar-refractivity contribution in [3.05, 3.63) is 29.2 Å². The summed E-state index contributed by atoms with van der Waals surface area (Å²) >= 11 is 1.31. The summed E-state index contributed by atoms with van der Waals surface area (Å²) in [4.78, 5) is 48.4. The Morgan fingerprint density at radius 2 is 2.19 bits per heavy atom. The Balaban J connectivity index is 1.68. The SMILES string of the molecule is CC(=O)OCC1=C(C(=O)O)N2C(=O)[C@H](NC(=O)Cn3ccc(C)n3)[C@@H]2SC1. The van der Waals surface area contributed by atoms with E-state index in [-0.39, 0.29) is 30.5 Å². The van der Waals surface area contributed by atoms with Crippen LogP contribution in [0.15, 0.2) is 23.5 Å². The first-order chi connectivity index (χ1) is 12.8. The molecule has 0 bridgehead atoms. The summed E-state index contributed by atoms with van der Waals surface area (Å²) < 4.78 is 6.33. The Hall–Kier alpha value is -2.82. The quantitative estimate of drug-likeness (QED) is 0.487. The fourth-order valence-electron chi connectivity index (χ4n) is 2.90. The minimum absolute atomic E-state index is 0.0334. The van der Waals surface area contributed by atoms with Crippen LogP contribution in [0.3, 0.4) is 0 Å². The topological polar surface area (TPSA) is 131 Å². The number of carbonyl (C=O) groups is 4. The van der Waals surface area contributed by atoms with E-state index in [2.05, 4.69) is 10.4 Å². The number of rotatable bonds is 6. The number of thioether (sulfide) groups is 1. The van der Waals surface area contributed by atoms with Gasteiger partial charge in [0.05, 0.1) is 5.69 Å². The summed E-state index contributed by atoms with van der Waals surface area (Å²) in [5.41, 5.74) is 0.940. The molecule has 1 aromatic heterocycles. The summed E-state index contributed by atoms with van der Waals surface area (Å²) in [6, 6.07) is 0.957. The molecule has 1 aromatic rings. The number of aryl methyl sites for hydroxylation is 1. The average molecular weight is 394 g/mol. The Morgan fingerprint density at radius 3 is 2.78 bits per heavy atom. The van der Waals surface area contributed by atoms with Crippen LogP contribution in [0, 0.1) is 6.92 Å². The molecular formula is C16H18N4O6S. The van der Waals surface area contributed by atoms with Gasteiger partial charge >= 0.3 is 11.9 Å². The molecule has 1 fully saturated rings. The van der Waals surface area contributed by atoms with Crippen molar-refractivity contribution in [2.75, 3.05) is 12.4 Å². The number of amides is 2. The van der Waals surface area contributed by atoms with Crippen LogP contribution in [-0.2, 0) is 30.5 Å². The standard InChI is InChI=1S/C16H18N4O6S/c1-8-3-4-19(18-8)5-11(22)17-12-14(23)20-13(16(24)25)10(6-26-9(2)21)7-27-15(12)20/h3-4,12,15H,5-7H2,1-2H3,(H,17,22)(H,24,25)/t12-,15-/m0/s1. The number of aliphatic carboxylic acids is 1. The first-order valence-corrected chi connectivity index (χ1v) is 9.15.